The van der Waals surface area contributed by atoms with Crippen LogP contribution in [0.3, 0.4) is 0 Å². The number of nitrogens with two attached hydrogens (primary N) is 1. The first-order valence-corrected chi connectivity index (χ1v) is 5.81. The van der Waals surface area contributed by atoms with E-state index in [0.717, 1.165) is 6.42 Å². The molecule has 0 aliphatic heterocycles. The quantitative estimate of drug-likeness (QED) is 0.679. The number of hydrogen-bond donors (Lipinski definition) is 3. The third kappa shape index (κ3) is 4.07. The number of benzene rings is 1. The maximum atomic E-state index is 11.8. The SMILES string of the molecule is CCCC(C)(O)CNC(=O)c1ccccc1N. The maximum Gasteiger partial charge on any atom is 0.253 e. The molecule has 1 aromatic carbocycles. The second-order valence-corrected chi connectivity index (χ2v) is 4.52. The topological polar surface area (TPSA) is 75.3 Å². The Balaban J connectivity index is 2.59. The molecule has 0 saturated carbocycles. The summed E-state index contributed by atoms with van der Waals surface area (Å²) >= 11 is 0. The van der Waals surface area contributed by atoms with E-state index in [4.69, 9.17) is 5.73 Å². The van der Waals surface area contributed by atoms with E-state index in [1.165, 1.54) is 0 Å². The second kappa shape index (κ2) is 5.68. The van der Waals surface area contributed by atoms with Crippen LogP contribution < -0.4 is 11.1 Å². The Labute approximate surface area is 102 Å². The average Bonchev–Trinajstić information content (AvgIpc) is 2.27. The predicted octanol–water partition coefficient (Wildman–Crippen LogP) is 1.55. The number of hydrogen-bond acceptors (Lipinski definition) is 3. The van der Waals surface area contributed by atoms with Crippen LogP contribution in [0.2, 0.25) is 0 Å². The predicted molar refractivity (Wildman–Crippen MR) is 68.7 cm³/mol. The molecule has 17 heavy (non-hydrogen) atoms. The molecule has 0 fully saturated rings. The molecule has 1 unspecified atom stereocenters. The largest absolute Gasteiger partial charge is 0.398 e. The van der Waals surface area contributed by atoms with Crippen molar-refractivity contribution in [2.24, 2.45) is 0 Å². The van der Waals surface area contributed by atoms with Gasteiger partial charge in [-0.2, -0.15) is 0 Å². The van der Waals surface area contributed by atoms with Crippen molar-refractivity contribution < 1.29 is 9.90 Å². The Morgan fingerprint density at radius 1 is 1.47 bits per heavy atom. The van der Waals surface area contributed by atoms with Crippen molar-refractivity contribution in [3.8, 4) is 0 Å². The molecule has 0 saturated heterocycles. The molecule has 1 atom stereocenters. The zero-order valence-corrected chi connectivity index (χ0v) is 10.4. The molecular formula is C13H20N2O2. The van der Waals surface area contributed by atoms with E-state index < -0.39 is 5.60 Å². The number of nitrogen functional groups attached to an aromatic ring is 1. The molecule has 4 nitrogen and oxygen atoms in total. The van der Waals surface area contributed by atoms with E-state index >= 15 is 0 Å². The fourth-order valence-electron chi connectivity index (χ4n) is 1.70. The van der Waals surface area contributed by atoms with Gasteiger partial charge in [-0.1, -0.05) is 25.5 Å². The lowest BCUT2D eigenvalue weighted by atomic mass is 10.0. The van der Waals surface area contributed by atoms with Gasteiger partial charge in [0.25, 0.3) is 5.91 Å². The molecule has 0 radical (unpaired) electrons. The molecule has 0 aliphatic rings. The van der Waals surface area contributed by atoms with Crippen molar-refractivity contribution >= 4 is 11.6 Å². The van der Waals surface area contributed by atoms with Gasteiger partial charge in [-0.15, -0.1) is 0 Å². The highest BCUT2D eigenvalue weighted by molar-refractivity contribution is 5.99. The third-order valence-corrected chi connectivity index (χ3v) is 2.62. The van der Waals surface area contributed by atoms with Crippen molar-refractivity contribution in [2.45, 2.75) is 32.3 Å². The molecule has 4 N–H and O–H groups in total. The van der Waals surface area contributed by atoms with Crippen molar-refractivity contribution in [3.05, 3.63) is 29.8 Å². The summed E-state index contributed by atoms with van der Waals surface area (Å²) in [6, 6.07) is 6.88. The monoisotopic (exact) mass is 236 g/mol. The molecule has 0 heterocycles. The molecule has 1 rings (SSSR count). The van der Waals surface area contributed by atoms with Crippen LogP contribution in [0.1, 0.15) is 37.0 Å². The summed E-state index contributed by atoms with van der Waals surface area (Å²) in [5, 5.41) is 12.6. The summed E-state index contributed by atoms with van der Waals surface area (Å²) in [6.07, 6.45) is 1.52. The van der Waals surface area contributed by atoms with Gasteiger partial charge in [0.2, 0.25) is 0 Å². The Morgan fingerprint density at radius 3 is 2.71 bits per heavy atom. The lowest BCUT2D eigenvalue weighted by molar-refractivity contribution is 0.0470. The van der Waals surface area contributed by atoms with Gasteiger partial charge in [0.05, 0.1) is 11.2 Å². The van der Waals surface area contributed by atoms with Gasteiger partial charge in [-0.3, -0.25) is 4.79 Å². The number of nitrogens with one attached hydrogen (secondary N) is 1. The number of carbonyl (C=O) groups excluding carboxylic acids is 1. The Hall–Kier alpha value is -1.55. The molecule has 1 aromatic rings. The first kappa shape index (κ1) is 13.5. The number of para-hydroxylation sites is 1. The molecular weight excluding hydrogens is 216 g/mol. The molecule has 0 bridgehead atoms. The first-order chi connectivity index (χ1) is 7.96. The summed E-state index contributed by atoms with van der Waals surface area (Å²) < 4.78 is 0. The maximum absolute atomic E-state index is 11.8. The van der Waals surface area contributed by atoms with Crippen LogP contribution in [0, 0.1) is 0 Å². The van der Waals surface area contributed by atoms with E-state index in [1.54, 1.807) is 31.2 Å². The minimum atomic E-state index is -0.867. The second-order valence-electron chi connectivity index (χ2n) is 4.52. The van der Waals surface area contributed by atoms with E-state index in [0.29, 0.717) is 17.7 Å². The van der Waals surface area contributed by atoms with Gasteiger partial charge in [0.1, 0.15) is 0 Å². The van der Waals surface area contributed by atoms with Gasteiger partial charge < -0.3 is 16.2 Å². The molecule has 1 amide bonds. The third-order valence-electron chi connectivity index (χ3n) is 2.62. The first-order valence-electron chi connectivity index (χ1n) is 5.81. The van der Waals surface area contributed by atoms with Crippen LogP contribution in [0.5, 0.6) is 0 Å². The van der Waals surface area contributed by atoms with Crippen molar-refractivity contribution in [1.29, 1.82) is 0 Å². The van der Waals surface area contributed by atoms with Gasteiger partial charge >= 0.3 is 0 Å². The number of aliphatic hydroxyl groups is 1. The number of amides is 1. The minimum absolute atomic E-state index is 0.230. The lowest BCUT2D eigenvalue weighted by Gasteiger charge is -2.23. The molecule has 0 aliphatic carbocycles. The number of carbonyl (C=O) groups is 1. The van der Waals surface area contributed by atoms with Crippen LogP contribution >= 0.6 is 0 Å². The van der Waals surface area contributed by atoms with Gasteiger partial charge in [-0.25, -0.2) is 0 Å². The highest BCUT2D eigenvalue weighted by Gasteiger charge is 2.20. The van der Waals surface area contributed by atoms with Gasteiger partial charge in [0.15, 0.2) is 0 Å². The van der Waals surface area contributed by atoms with E-state index in [2.05, 4.69) is 5.32 Å². The summed E-state index contributed by atoms with van der Waals surface area (Å²) in [7, 11) is 0. The van der Waals surface area contributed by atoms with Crippen molar-refractivity contribution in [3.63, 3.8) is 0 Å². The standard InChI is InChI=1S/C13H20N2O2/c1-3-8-13(2,17)9-15-12(16)10-6-4-5-7-11(10)14/h4-7,17H,3,8-9,14H2,1-2H3,(H,15,16). The van der Waals surface area contributed by atoms with Crippen LogP contribution in [-0.2, 0) is 0 Å². The molecule has 94 valence electrons. The summed E-state index contributed by atoms with van der Waals surface area (Å²) in [5.74, 6) is -0.250. The fourth-order valence-corrected chi connectivity index (χ4v) is 1.70. The van der Waals surface area contributed by atoms with Crippen molar-refractivity contribution in [2.75, 3.05) is 12.3 Å². The Morgan fingerprint density at radius 2 is 2.12 bits per heavy atom. The summed E-state index contributed by atoms with van der Waals surface area (Å²) in [6.45, 7) is 3.94. The molecule has 0 aromatic heterocycles. The normalized spacial score (nSPS) is 14.1. The van der Waals surface area contributed by atoms with Crippen LogP contribution in [0.4, 0.5) is 5.69 Å². The molecule has 4 heteroatoms. The zero-order valence-electron chi connectivity index (χ0n) is 10.4. The smallest absolute Gasteiger partial charge is 0.253 e. The zero-order chi connectivity index (χ0) is 12.9. The number of anilines is 1. The minimum Gasteiger partial charge on any atom is -0.398 e. The van der Waals surface area contributed by atoms with E-state index in [9.17, 15) is 9.90 Å². The Bertz CT molecular complexity index is 389. The lowest BCUT2D eigenvalue weighted by Crippen LogP contribution is -2.40. The highest BCUT2D eigenvalue weighted by Crippen LogP contribution is 2.12. The van der Waals surface area contributed by atoms with Crippen LogP contribution in [0.25, 0.3) is 0 Å². The van der Waals surface area contributed by atoms with Gasteiger partial charge in [0, 0.05) is 12.2 Å². The fraction of sp³-hybridized carbons (Fsp3) is 0.462. The van der Waals surface area contributed by atoms with Crippen molar-refractivity contribution in [1.82, 2.24) is 5.32 Å². The van der Waals surface area contributed by atoms with Gasteiger partial charge in [-0.05, 0) is 25.5 Å². The number of rotatable bonds is 5. The van der Waals surface area contributed by atoms with Crippen LogP contribution in [0.15, 0.2) is 24.3 Å². The van der Waals surface area contributed by atoms with Crippen LogP contribution in [-0.4, -0.2) is 23.2 Å². The molecule has 0 spiro atoms. The summed E-state index contributed by atoms with van der Waals surface area (Å²) in [5.41, 5.74) is 5.72. The van der Waals surface area contributed by atoms with E-state index in [-0.39, 0.29) is 12.5 Å². The highest BCUT2D eigenvalue weighted by atomic mass is 16.3. The average molecular weight is 236 g/mol. The summed E-state index contributed by atoms with van der Waals surface area (Å²) in [4.78, 5) is 11.8. The van der Waals surface area contributed by atoms with E-state index in [1.807, 2.05) is 6.92 Å². The Kier molecular flexibility index (Phi) is 4.52.